The number of nitrogens with zero attached hydrogens (tertiary/aromatic N) is 1. The van der Waals surface area contributed by atoms with Gasteiger partial charge in [0.1, 0.15) is 0 Å². The van der Waals surface area contributed by atoms with Crippen molar-refractivity contribution in [1.29, 1.82) is 0 Å². The molecule has 3 N–H and O–H groups in total. The second-order valence-electron chi connectivity index (χ2n) is 4.55. The van der Waals surface area contributed by atoms with Crippen LogP contribution in [0.3, 0.4) is 0 Å². The third-order valence-corrected chi connectivity index (χ3v) is 2.98. The van der Waals surface area contributed by atoms with Crippen LogP contribution in [0.4, 0.5) is 0 Å². The van der Waals surface area contributed by atoms with Gasteiger partial charge in [0, 0.05) is 12.6 Å². The number of aliphatic hydroxyl groups is 1. The van der Waals surface area contributed by atoms with Gasteiger partial charge in [0.15, 0.2) is 5.58 Å². The number of hydrogen-bond acceptors (Lipinski definition) is 4. The van der Waals surface area contributed by atoms with Crippen molar-refractivity contribution in [2.75, 3.05) is 0 Å². The van der Waals surface area contributed by atoms with E-state index in [0.29, 0.717) is 17.7 Å². The number of aliphatic hydroxyl groups excluding tert-OH is 1. The van der Waals surface area contributed by atoms with Crippen LogP contribution in [0.25, 0.3) is 11.1 Å². The summed E-state index contributed by atoms with van der Waals surface area (Å²) in [5, 5.41) is 9.89. The molecule has 2 unspecified atom stereocenters. The maximum absolute atomic E-state index is 11.7. The van der Waals surface area contributed by atoms with E-state index < -0.39 is 6.10 Å². The zero-order chi connectivity index (χ0) is 13.3. The van der Waals surface area contributed by atoms with Crippen LogP contribution in [-0.4, -0.2) is 15.7 Å². The van der Waals surface area contributed by atoms with Crippen LogP contribution in [0.5, 0.6) is 0 Å². The summed E-state index contributed by atoms with van der Waals surface area (Å²) in [6, 6.07) is 4.87. The third-order valence-electron chi connectivity index (χ3n) is 2.98. The van der Waals surface area contributed by atoms with E-state index in [2.05, 4.69) is 0 Å². The summed E-state index contributed by atoms with van der Waals surface area (Å²) in [6.45, 7) is 4.35. The maximum Gasteiger partial charge on any atom is 0.419 e. The Hall–Kier alpha value is -1.59. The molecule has 18 heavy (non-hydrogen) atoms. The Kier molecular flexibility index (Phi) is 3.54. The molecule has 98 valence electrons. The molecule has 2 atom stereocenters. The van der Waals surface area contributed by atoms with Crippen LogP contribution in [0.1, 0.15) is 31.9 Å². The molecule has 5 nitrogen and oxygen atoms in total. The maximum atomic E-state index is 11.7. The zero-order valence-electron chi connectivity index (χ0n) is 10.6. The van der Waals surface area contributed by atoms with Crippen molar-refractivity contribution in [2.45, 2.75) is 39.0 Å². The Bertz CT molecular complexity index is 598. The van der Waals surface area contributed by atoms with Gasteiger partial charge in [-0.1, -0.05) is 13.0 Å². The summed E-state index contributed by atoms with van der Waals surface area (Å²) in [6.07, 6.45) is 0.105. The molecular formula is C13H18N2O3. The standard InChI is InChI=1S/C13H18N2O3/c1-3-6-15-10-5-4-9(12(16)8(2)14)7-11(10)18-13(15)17/h4-5,7-8,12,16H,3,6,14H2,1-2H3. The number of nitrogens with two attached hydrogens (primary N) is 1. The first kappa shape index (κ1) is 12.9. The molecule has 0 radical (unpaired) electrons. The summed E-state index contributed by atoms with van der Waals surface area (Å²) in [4.78, 5) is 11.7. The minimum Gasteiger partial charge on any atom is -0.408 e. The molecule has 1 aromatic carbocycles. The summed E-state index contributed by atoms with van der Waals surface area (Å²) in [5.74, 6) is -0.362. The van der Waals surface area contributed by atoms with E-state index in [-0.39, 0.29) is 11.8 Å². The molecule has 0 spiro atoms. The lowest BCUT2D eigenvalue weighted by molar-refractivity contribution is 0.153. The first-order chi connectivity index (χ1) is 8.54. The van der Waals surface area contributed by atoms with Crippen LogP contribution < -0.4 is 11.5 Å². The number of oxazole rings is 1. The molecule has 2 aromatic rings. The number of fused-ring (bicyclic) bond motifs is 1. The van der Waals surface area contributed by atoms with Gasteiger partial charge in [0.25, 0.3) is 0 Å². The van der Waals surface area contributed by atoms with Crippen LogP contribution in [0, 0.1) is 0 Å². The first-order valence-corrected chi connectivity index (χ1v) is 6.11. The fourth-order valence-corrected chi connectivity index (χ4v) is 2.01. The van der Waals surface area contributed by atoms with Gasteiger partial charge >= 0.3 is 5.76 Å². The third kappa shape index (κ3) is 2.19. The molecule has 0 fully saturated rings. The topological polar surface area (TPSA) is 81.4 Å². The van der Waals surface area contributed by atoms with E-state index in [1.54, 1.807) is 29.7 Å². The highest BCUT2D eigenvalue weighted by atomic mass is 16.4. The Morgan fingerprint density at radius 2 is 2.22 bits per heavy atom. The molecule has 2 rings (SSSR count). The minimum atomic E-state index is -0.755. The number of aryl methyl sites for hydroxylation is 1. The van der Waals surface area contributed by atoms with Gasteiger partial charge in [-0.05, 0) is 31.0 Å². The molecule has 0 saturated heterocycles. The summed E-state index contributed by atoms with van der Waals surface area (Å²) < 4.78 is 6.77. The van der Waals surface area contributed by atoms with E-state index in [1.165, 1.54) is 0 Å². The Morgan fingerprint density at radius 1 is 1.50 bits per heavy atom. The summed E-state index contributed by atoms with van der Waals surface area (Å²) in [7, 11) is 0. The van der Waals surface area contributed by atoms with Crippen LogP contribution in [0.2, 0.25) is 0 Å². The van der Waals surface area contributed by atoms with Gasteiger partial charge in [0.2, 0.25) is 0 Å². The van der Waals surface area contributed by atoms with E-state index >= 15 is 0 Å². The quantitative estimate of drug-likeness (QED) is 0.859. The number of benzene rings is 1. The predicted octanol–water partition coefficient (Wildman–Crippen LogP) is 1.39. The lowest BCUT2D eigenvalue weighted by atomic mass is 10.0. The van der Waals surface area contributed by atoms with E-state index in [9.17, 15) is 9.90 Å². The fraction of sp³-hybridized carbons (Fsp3) is 0.462. The molecule has 1 aromatic heterocycles. The molecule has 5 heteroatoms. The molecule has 0 saturated carbocycles. The average Bonchev–Trinajstić information content (AvgIpc) is 2.64. The molecule has 0 bridgehead atoms. The van der Waals surface area contributed by atoms with Gasteiger partial charge in [-0.2, -0.15) is 0 Å². The highest BCUT2D eigenvalue weighted by Gasteiger charge is 2.15. The van der Waals surface area contributed by atoms with Gasteiger partial charge in [0.05, 0.1) is 11.6 Å². The number of rotatable bonds is 4. The smallest absolute Gasteiger partial charge is 0.408 e. The SMILES string of the molecule is CCCn1c(=O)oc2cc(C(O)C(C)N)ccc21. The molecule has 0 aliphatic carbocycles. The molecule has 0 amide bonds. The van der Waals surface area contributed by atoms with Crippen LogP contribution in [-0.2, 0) is 6.54 Å². The molecule has 0 aliphatic heterocycles. The van der Waals surface area contributed by atoms with Gasteiger partial charge in [-0.15, -0.1) is 0 Å². The van der Waals surface area contributed by atoms with Crippen LogP contribution in [0.15, 0.2) is 27.4 Å². The van der Waals surface area contributed by atoms with Crippen molar-refractivity contribution in [2.24, 2.45) is 5.73 Å². The van der Waals surface area contributed by atoms with Crippen molar-refractivity contribution in [3.05, 3.63) is 34.3 Å². The lowest BCUT2D eigenvalue weighted by Crippen LogP contribution is -2.24. The van der Waals surface area contributed by atoms with Crippen molar-refractivity contribution >= 4 is 11.1 Å². The second kappa shape index (κ2) is 4.96. The minimum absolute atomic E-state index is 0.362. The van der Waals surface area contributed by atoms with E-state index in [0.717, 1.165) is 11.9 Å². The molecule has 1 heterocycles. The average molecular weight is 250 g/mol. The second-order valence-corrected chi connectivity index (χ2v) is 4.55. The van der Waals surface area contributed by atoms with Crippen molar-refractivity contribution in [3.63, 3.8) is 0 Å². The Morgan fingerprint density at radius 3 is 2.83 bits per heavy atom. The van der Waals surface area contributed by atoms with E-state index in [1.807, 2.05) is 6.92 Å². The van der Waals surface area contributed by atoms with Crippen molar-refractivity contribution in [3.8, 4) is 0 Å². The Labute approximate surface area is 105 Å². The van der Waals surface area contributed by atoms with E-state index in [4.69, 9.17) is 10.2 Å². The first-order valence-electron chi connectivity index (χ1n) is 6.11. The highest BCUT2D eigenvalue weighted by Crippen LogP contribution is 2.21. The Balaban J connectivity index is 2.51. The van der Waals surface area contributed by atoms with Crippen LogP contribution >= 0.6 is 0 Å². The fourth-order valence-electron chi connectivity index (χ4n) is 2.01. The van der Waals surface area contributed by atoms with Crippen molar-refractivity contribution in [1.82, 2.24) is 4.57 Å². The van der Waals surface area contributed by atoms with Gasteiger partial charge in [-0.25, -0.2) is 4.79 Å². The van der Waals surface area contributed by atoms with Crippen molar-refractivity contribution < 1.29 is 9.52 Å². The lowest BCUT2D eigenvalue weighted by Gasteiger charge is -2.14. The number of aromatic nitrogens is 1. The summed E-state index contributed by atoms with van der Waals surface area (Å²) >= 11 is 0. The molecule has 0 aliphatic rings. The predicted molar refractivity (Wildman–Crippen MR) is 69.4 cm³/mol. The van der Waals surface area contributed by atoms with Gasteiger partial charge < -0.3 is 15.3 Å². The largest absolute Gasteiger partial charge is 0.419 e. The zero-order valence-corrected chi connectivity index (χ0v) is 10.6. The monoisotopic (exact) mass is 250 g/mol. The van der Waals surface area contributed by atoms with Gasteiger partial charge in [-0.3, -0.25) is 4.57 Å². The highest BCUT2D eigenvalue weighted by molar-refractivity contribution is 5.73. The number of hydrogen-bond donors (Lipinski definition) is 2. The normalized spacial score (nSPS) is 14.9. The summed E-state index contributed by atoms with van der Waals surface area (Å²) in [5.41, 5.74) is 7.55. The molecular weight excluding hydrogens is 232 g/mol.